The van der Waals surface area contributed by atoms with Crippen LogP contribution in [0.2, 0.25) is 0 Å². The highest BCUT2D eigenvalue weighted by Gasteiger charge is 2.08. The second-order valence-corrected chi connectivity index (χ2v) is 5.58. The molecule has 2 aromatic carbocycles. The molecule has 3 heteroatoms. The van der Waals surface area contributed by atoms with E-state index in [1.807, 2.05) is 36.4 Å². The van der Waals surface area contributed by atoms with Crippen molar-refractivity contribution in [1.29, 1.82) is 5.26 Å². The molecule has 0 aromatic heterocycles. The SMILES string of the molecule is CC(C)c1ccccc1Nc1cc(Br)ccc1C#N. The predicted molar refractivity (Wildman–Crippen MR) is 82.7 cm³/mol. The topological polar surface area (TPSA) is 35.8 Å². The van der Waals surface area contributed by atoms with Gasteiger partial charge < -0.3 is 5.32 Å². The van der Waals surface area contributed by atoms with Crippen LogP contribution in [0.4, 0.5) is 11.4 Å². The van der Waals surface area contributed by atoms with Gasteiger partial charge in [0, 0.05) is 10.2 Å². The Kier molecular flexibility index (Phi) is 4.24. The summed E-state index contributed by atoms with van der Waals surface area (Å²) in [4.78, 5) is 0. The molecule has 0 bridgehead atoms. The molecule has 0 radical (unpaired) electrons. The Hall–Kier alpha value is -1.79. The maximum Gasteiger partial charge on any atom is 0.101 e. The van der Waals surface area contributed by atoms with Crippen molar-refractivity contribution in [3.8, 4) is 6.07 Å². The smallest absolute Gasteiger partial charge is 0.101 e. The van der Waals surface area contributed by atoms with Crippen LogP contribution in [-0.4, -0.2) is 0 Å². The lowest BCUT2D eigenvalue weighted by molar-refractivity contribution is 0.869. The number of rotatable bonds is 3. The molecule has 0 saturated carbocycles. The number of hydrogen-bond donors (Lipinski definition) is 1. The van der Waals surface area contributed by atoms with Crippen molar-refractivity contribution in [1.82, 2.24) is 0 Å². The lowest BCUT2D eigenvalue weighted by atomic mass is 10.0. The van der Waals surface area contributed by atoms with Gasteiger partial charge in [-0.3, -0.25) is 0 Å². The second kappa shape index (κ2) is 5.90. The van der Waals surface area contributed by atoms with Gasteiger partial charge in [-0.25, -0.2) is 0 Å². The van der Waals surface area contributed by atoms with E-state index in [4.69, 9.17) is 5.26 Å². The van der Waals surface area contributed by atoms with Gasteiger partial charge in [0.1, 0.15) is 6.07 Å². The molecule has 0 aliphatic heterocycles. The molecule has 2 rings (SSSR count). The van der Waals surface area contributed by atoms with E-state index in [0.29, 0.717) is 11.5 Å². The molecular formula is C16H15BrN2. The van der Waals surface area contributed by atoms with Crippen molar-refractivity contribution in [3.05, 3.63) is 58.1 Å². The van der Waals surface area contributed by atoms with E-state index < -0.39 is 0 Å². The van der Waals surface area contributed by atoms with Crippen LogP contribution in [0.1, 0.15) is 30.9 Å². The Labute approximate surface area is 122 Å². The summed E-state index contributed by atoms with van der Waals surface area (Å²) < 4.78 is 0.955. The average Bonchev–Trinajstić information content (AvgIpc) is 2.39. The highest BCUT2D eigenvalue weighted by atomic mass is 79.9. The van der Waals surface area contributed by atoms with Crippen LogP contribution in [0.3, 0.4) is 0 Å². The molecule has 0 fully saturated rings. The number of halogens is 1. The molecular weight excluding hydrogens is 300 g/mol. The lowest BCUT2D eigenvalue weighted by Gasteiger charge is -2.15. The monoisotopic (exact) mass is 314 g/mol. The van der Waals surface area contributed by atoms with Gasteiger partial charge in [0.25, 0.3) is 0 Å². The Bertz CT molecular complexity index is 627. The first-order valence-electron chi connectivity index (χ1n) is 6.17. The van der Waals surface area contributed by atoms with Crippen LogP contribution < -0.4 is 5.32 Å². The minimum atomic E-state index is 0.432. The first-order chi connectivity index (χ1) is 9.11. The molecule has 96 valence electrons. The Morgan fingerprint density at radius 1 is 1.11 bits per heavy atom. The maximum atomic E-state index is 9.16. The summed E-state index contributed by atoms with van der Waals surface area (Å²) in [5.74, 6) is 0.432. The molecule has 0 atom stereocenters. The minimum Gasteiger partial charge on any atom is -0.354 e. The fourth-order valence-electron chi connectivity index (χ4n) is 1.98. The standard InChI is InChI=1S/C16H15BrN2/c1-11(2)14-5-3-4-6-15(14)19-16-9-13(17)8-7-12(16)10-18/h3-9,11,19H,1-2H3. The fourth-order valence-corrected chi connectivity index (χ4v) is 2.34. The summed E-state index contributed by atoms with van der Waals surface area (Å²) in [5, 5.41) is 12.5. The van der Waals surface area contributed by atoms with E-state index in [1.54, 1.807) is 0 Å². The van der Waals surface area contributed by atoms with Crippen LogP contribution in [-0.2, 0) is 0 Å². The molecule has 2 nitrogen and oxygen atoms in total. The summed E-state index contributed by atoms with van der Waals surface area (Å²) in [6, 6.07) is 16.0. The van der Waals surface area contributed by atoms with Crippen molar-refractivity contribution < 1.29 is 0 Å². The van der Waals surface area contributed by atoms with E-state index in [1.165, 1.54) is 5.56 Å². The van der Waals surface area contributed by atoms with Gasteiger partial charge in [0.2, 0.25) is 0 Å². The van der Waals surface area contributed by atoms with Crippen LogP contribution in [0, 0.1) is 11.3 Å². The molecule has 0 unspecified atom stereocenters. The zero-order chi connectivity index (χ0) is 13.8. The third-order valence-corrected chi connectivity index (χ3v) is 3.45. The molecule has 0 saturated heterocycles. The van der Waals surface area contributed by atoms with Crippen LogP contribution >= 0.6 is 15.9 Å². The minimum absolute atomic E-state index is 0.432. The van der Waals surface area contributed by atoms with Crippen LogP contribution in [0.25, 0.3) is 0 Å². The second-order valence-electron chi connectivity index (χ2n) is 4.67. The van der Waals surface area contributed by atoms with Gasteiger partial charge in [-0.05, 0) is 35.7 Å². The molecule has 1 N–H and O–H groups in total. The largest absolute Gasteiger partial charge is 0.354 e. The maximum absolute atomic E-state index is 9.16. The highest BCUT2D eigenvalue weighted by molar-refractivity contribution is 9.10. The van der Waals surface area contributed by atoms with Crippen molar-refractivity contribution in [2.45, 2.75) is 19.8 Å². The van der Waals surface area contributed by atoms with E-state index in [2.05, 4.69) is 47.2 Å². The molecule has 0 aliphatic rings. The highest BCUT2D eigenvalue weighted by Crippen LogP contribution is 2.29. The lowest BCUT2D eigenvalue weighted by Crippen LogP contribution is -1.99. The number of anilines is 2. The third kappa shape index (κ3) is 3.15. The van der Waals surface area contributed by atoms with E-state index >= 15 is 0 Å². The Morgan fingerprint density at radius 3 is 2.53 bits per heavy atom. The summed E-state index contributed by atoms with van der Waals surface area (Å²) in [7, 11) is 0. The average molecular weight is 315 g/mol. The van der Waals surface area contributed by atoms with Crippen molar-refractivity contribution in [2.24, 2.45) is 0 Å². The summed E-state index contributed by atoms with van der Waals surface area (Å²) in [6.07, 6.45) is 0. The predicted octanol–water partition coefficient (Wildman–Crippen LogP) is 5.19. The fraction of sp³-hybridized carbons (Fsp3) is 0.188. The Balaban J connectivity index is 2.42. The van der Waals surface area contributed by atoms with Gasteiger partial charge in [0.15, 0.2) is 0 Å². The van der Waals surface area contributed by atoms with Gasteiger partial charge in [-0.1, -0.05) is 48.0 Å². The van der Waals surface area contributed by atoms with E-state index in [-0.39, 0.29) is 0 Å². The quantitative estimate of drug-likeness (QED) is 0.846. The first-order valence-corrected chi connectivity index (χ1v) is 6.96. The summed E-state index contributed by atoms with van der Waals surface area (Å²) in [6.45, 7) is 4.32. The summed E-state index contributed by atoms with van der Waals surface area (Å²) in [5.41, 5.74) is 3.75. The molecule has 19 heavy (non-hydrogen) atoms. The number of nitrogens with zero attached hydrogens (tertiary/aromatic N) is 1. The van der Waals surface area contributed by atoms with Crippen LogP contribution in [0.15, 0.2) is 46.9 Å². The molecule has 0 amide bonds. The zero-order valence-corrected chi connectivity index (χ0v) is 12.5. The summed E-state index contributed by atoms with van der Waals surface area (Å²) >= 11 is 3.44. The molecule has 2 aromatic rings. The Morgan fingerprint density at radius 2 is 1.84 bits per heavy atom. The van der Waals surface area contributed by atoms with Gasteiger partial charge in [0.05, 0.1) is 11.3 Å². The van der Waals surface area contributed by atoms with E-state index in [0.717, 1.165) is 15.8 Å². The first kappa shape index (κ1) is 13.6. The molecule has 0 aliphatic carbocycles. The third-order valence-electron chi connectivity index (χ3n) is 2.95. The normalized spacial score (nSPS) is 10.3. The molecule has 0 heterocycles. The van der Waals surface area contributed by atoms with Gasteiger partial charge >= 0.3 is 0 Å². The van der Waals surface area contributed by atoms with Crippen molar-refractivity contribution in [3.63, 3.8) is 0 Å². The van der Waals surface area contributed by atoms with E-state index in [9.17, 15) is 0 Å². The van der Waals surface area contributed by atoms with Crippen LogP contribution in [0.5, 0.6) is 0 Å². The van der Waals surface area contributed by atoms with Crippen molar-refractivity contribution in [2.75, 3.05) is 5.32 Å². The van der Waals surface area contributed by atoms with Crippen molar-refractivity contribution >= 4 is 27.3 Å². The van der Waals surface area contributed by atoms with Gasteiger partial charge in [-0.2, -0.15) is 5.26 Å². The molecule has 0 spiro atoms. The zero-order valence-electron chi connectivity index (χ0n) is 10.9. The number of nitriles is 1. The number of nitrogens with one attached hydrogen (secondary N) is 1. The number of benzene rings is 2. The number of hydrogen-bond acceptors (Lipinski definition) is 2. The van der Waals surface area contributed by atoms with Gasteiger partial charge in [-0.15, -0.1) is 0 Å². The number of para-hydroxylation sites is 1.